The summed E-state index contributed by atoms with van der Waals surface area (Å²) in [7, 11) is 0. The van der Waals surface area contributed by atoms with Crippen LogP contribution < -0.4 is 5.73 Å². The van der Waals surface area contributed by atoms with E-state index in [4.69, 9.17) is 5.73 Å². The second kappa shape index (κ2) is 5.59. The number of hydrogen-bond donors (Lipinski definition) is 1. The highest BCUT2D eigenvalue weighted by atomic mass is 16.1. The third-order valence-electron chi connectivity index (χ3n) is 7.70. The molecule has 7 unspecified atom stereocenters. The molecule has 21 heavy (non-hydrogen) atoms. The molecule has 0 aromatic rings. The van der Waals surface area contributed by atoms with Crippen LogP contribution in [0, 0.1) is 41.4 Å². The molecule has 4 fully saturated rings. The van der Waals surface area contributed by atoms with Crippen LogP contribution in [0.3, 0.4) is 0 Å². The molecule has 7 atom stereocenters. The van der Waals surface area contributed by atoms with Crippen LogP contribution in [0.2, 0.25) is 0 Å². The van der Waals surface area contributed by atoms with Crippen molar-refractivity contribution in [3.05, 3.63) is 0 Å². The second-order valence-corrected chi connectivity index (χ2v) is 8.63. The minimum atomic E-state index is -0.00509. The highest BCUT2D eigenvalue weighted by Gasteiger charge is 2.47. The van der Waals surface area contributed by atoms with E-state index < -0.39 is 0 Å². The zero-order valence-electron chi connectivity index (χ0n) is 13.3. The smallest absolute Gasteiger partial charge is 0.220 e. The van der Waals surface area contributed by atoms with Crippen molar-refractivity contribution in [2.24, 2.45) is 47.2 Å². The lowest BCUT2D eigenvalue weighted by Crippen LogP contribution is -2.46. The van der Waals surface area contributed by atoms with E-state index in [0.717, 1.165) is 36.0 Å². The van der Waals surface area contributed by atoms with Gasteiger partial charge in [-0.15, -0.1) is 0 Å². The predicted molar refractivity (Wildman–Crippen MR) is 84.4 cm³/mol. The van der Waals surface area contributed by atoms with E-state index in [1.54, 1.807) is 0 Å². The van der Waals surface area contributed by atoms with E-state index in [9.17, 15) is 4.79 Å². The van der Waals surface area contributed by atoms with Gasteiger partial charge in [0.15, 0.2) is 0 Å². The van der Waals surface area contributed by atoms with Crippen molar-refractivity contribution in [1.82, 2.24) is 0 Å². The third kappa shape index (κ3) is 2.53. The standard InChI is InChI=1S/C19H31NO/c20-19(21)17-7-3-6-14-10-15-8-12-4-1-2-5-13(12)9-16(15)11-18(14)17/h12-18H,1-11H2,(H2,20,21). The molecule has 2 nitrogen and oxygen atoms in total. The summed E-state index contributed by atoms with van der Waals surface area (Å²) in [5.74, 6) is 5.63. The number of carbonyl (C=O) groups excluding carboxylic acids is 1. The maximum atomic E-state index is 11.8. The summed E-state index contributed by atoms with van der Waals surface area (Å²) in [5.41, 5.74) is 5.71. The maximum Gasteiger partial charge on any atom is 0.220 e. The van der Waals surface area contributed by atoms with E-state index >= 15 is 0 Å². The third-order valence-corrected chi connectivity index (χ3v) is 7.70. The average molecular weight is 289 g/mol. The average Bonchev–Trinajstić information content (AvgIpc) is 2.50. The van der Waals surface area contributed by atoms with E-state index in [-0.39, 0.29) is 11.8 Å². The molecule has 0 spiro atoms. The van der Waals surface area contributed by atoms with Gasteiger partial charge in [-0.1, -0.05) is 38.5 Å². The van der Waals surface area contributed by atoms with Crippen LogP contribution in [-0.2, 0) is 4.79 Å². The van der Waals surface area contributed by atoms with Gasteiger partial charge in [0.05, 0.1) is 0 Å². The van der Waals surface area contributed by atoms with Gasteiger partial charge in [-0.2, -0.15) is 0 Å². The summed E-state index contributed by atoms with van der Waals surface area (Å²) in [6.45, 7) is 0. The molecule has 4 saturated carbocycles. The van der Waals surface area contributed by atoms with E-state index in [1.165, 1.54) is 64.2 Å². The molecule has 4 aliphatic rings. The molecule has 1 amide bonds. The highest BCUT2D eigenvalue weighted by molar-refractivity contribution is 5.77. The maximum absolute atomic E-state index is 11.8. The molecule has 0 heterocycles. The number of fused-ring (bicyclic) bond motifs is 3. The molecule has 0 aliphatic heterocycles. The number of nitrogens with two attached hydrogens (primary N) is 1. The Morgan fingerprint density at radius 1 is 0.667 bits per heavy atom. The van der Waals surface area contributed by atoms with Gasteiger partial charge in [0.1, 0.15) is 0 Å². The Kier molecular flexibility index (Phi) is 3.75. The Hall–Kier alpha value is -0.530. The fraction of sp³-hybridized carbons (Fsp3) is 0.947. The van der Waals surface area contributed by atoms with E-state index in [0.29, 0.717) is 5.92 Å². The lowest BCUT2D eigenvalue weighted by Gasteiger charge is -2.52. The Morgan fingerprint density at radius 3 is 1.90 bits per heavy atom. The normalized spacial score (nSPS) is 49.6. The lowest BCUT2D eigenvalue weighted by atomic mass is 9.53. The number of carbonyl (C=O) groups is 1. The molecular formula is C19H31NO. The van der Waals surface area contributed by atoms with Crippen molar-refractivity contribution < 1.29 is 4.79 Å². The van der Waals surface area contributed by atoms with E-state index in [2.05, 4.69) is 0 Å². The van der Waals surface area contributed by atoms with Crippen molar-refractivity contribution in [3.8, 4) is 0 Å². The first-order valence-electron chi connectivity index (χ1n) is 9.51. The minimum Gasteiger partial charge on any atom is -0.369 e. The quantitative estimate of drug-likeness (QED) is 0.775. The van der Waals surface area contributed by atoms with Crippen LogP contribution >= 0.6 is 0 Å². The number of rotatable bonds is 1. The molecule has 0 radical (unpaired) electrons. The topological polar surface area (TPSA) is 43.1 Å². The van der Waals surface area contributed by atoms with Gasteiger partial charge in [-0.25, -0.2) is 0 Å². The molecule has 0 aromatic carbocycles. The largest absolute Gasteiger partial charge is 0.369 e. The van der Waals surface area contributed by atoms with Gasteiger partial charge < -0.3 is 5.73 Å². The van der Waals surface area contributed by atoms with Crippen LogP contribution in [0.15, 0.2) is 0 Å². The van der Waals surface area contributed by atoms with Gasteiger partial charge in [-0.3, -0.25) is 4.79 Å². The summed E-state index contributed by atoms with van der Waals surface area (Å²) in [6.07, 6.45) is 15.3. The summed E-state index contributed by atoms with van der Waals surface area (Å²) in [6, 6.07) is 0. The summed E-state index contributed by atoms with van der Waals surface area (Å²) >= 11 is 0. The first kappa shape index (κ1) is 14.1. The van der Waals surface area contributed by atoms with E-state index in [1.807, 2.05) is 0 Å². The number of amides is 1. The molecule has 118 valence electrons. The highest BCUT2D eigenvalue weighted by Crippen LogP contribution is 2.55. The minimum absolute atomic E-state index is 0.00509. The summed E-state index contributed by atoms with van der Waals surface area (Å²) < 4.78 is 0. The molecule has 2 N–H and O–H groups in total. The monoisotopic (exact) mass is 289 g/mol. The summed E-state index contributed by atoms with van der Waals surface area (Å²) in [5, 5.41) is 0. The zero-order chi connectivity index (χ0) is 14.4. The molecule has 4 rings (SSSR count). The zero-order valence-corrected chi connectivity index (χ0v) is 13.3. The van der Waals surface area contributed by atoms with Crippen LogP contribution in [0.5, 0.6) is 0 Å². The molecule has 0 aromatic heterocycles. The van der Waals surface area contributed by atoms with Gasteiger partial charge >= 0.3 is 0 Å². The molecule has 0 bridgehead atoms. The Morgan fingerprint density at radius 2 is 1.24 bits per heavy atom. The van der Waals surface area contributed by atoms with Crippen molar-refractivity contribution in [1.29, 1.82) is 0 Å². The predicted octanol–water partition coefficient (Wildman–Crippen LogP) is 4.13. The molecular weight excluding hydrogens is 258 g/mol. The SMILES string of the molecule is NC(=O)C1CCCC2CC3CC4CCCCC4CC3CC21. The van der Waals surface area contributed by atoms with Crippen LogP contribution in [0.1, 0.15) is 70.6 Å². The first-order valence-corrected chi connectivity index (χ1v) is 9.51. The van der Waals surface area contributed by atoms with Crippen LogP contribution in [0.4, 0.5) is 0 Å². The van der Waals surface area contributed by atoms with Crippen molar-refractivity contribution in [3.63, 3.8) is 0 Å². The van der Waals surface area contributed by atoms with Crippen LogP contribution in [-0.4, -0.2) is 5.91 Å². The fourth-order valence-electron chi connectivity index (χ4n) is 6.74. The number of primary amides is 1. The van der Waals surface area contributed by atoms with Gasteiger partial charge in [0.25, 0.3) is 0 Å². The fourth-order valence-corrected chi connectivity index (χ4v) is 6.74. The van der Waals surface area contributed by atoms with Gasteiger partial charge in [0.2, 0.25) is 5.91 Å². The molecule has 0 saturated heterocycles. The Bertz CT molecular complexity index is 406. The molecule has 2 heteroatoms. The second-order valence-electron chi connectivity index (χ2n) is 8.63. The Balaban J connectivity index is 1.49. The number of hydrogen-bond acceptors (Lipinski definition) is 1. The van der Waals surface area contributed by atoms with Crippen molar-refractivity contribution >= 4 is 5.91 Å². The first-order chi connectivity index (χ1) is 10.2. The van der Waals surface area contributed by atoms with Crippen molar-refractivity contribution in [2.45, 2.75) is 70.6 Å². The van der Waals surface area contributed by atoms with Crippen LogP contribution in [0.25, 0.3) is 0 Å². The lowest BCUT2D eigenvalue weighted by molar-refractivity contribution is -0.128. The summed E-state index contributed by atoms with van der Waals surface area (Å²) in [4.78, 5) is 11.8. The molecule has 4 aliphatic carbocycles. The van der Waals surface area contributed by atoms with Gasteiger partial charge in [-0.05, 0) is 67.6 Å². The Labute approximate surface area is 129 Å². The van der Waals surface area contributed by atoms with Gasteiger partial charge in [0, 0.05) is 5.92 Å². The van der Waals surface area contributed by atoms with Crippen molar-refractivity contribution in [2.75, 3.05) is 0 Å².